The van der Waals surface area contributed by atoms with Crippen LogP contribution in [-0.4, -0.2) is 7.38 Å². The Morgan fingerprint density at radius 2 is 1.18 bits per heavy atom. The molecule has 0 aliphatic rings. The van der Waals surface area contributed by atoms with Crippen molar-refractivity contribution < 1.29 is 0 Å². The summed E-state index contributed by atoms with van der Waals surface area (Å²) in [6.07, 6.45) is 0. The largest absolute Gasteiger partial charge is 0.241 e. The van der Waals surface area contributed by atoms with Crippen LogP contribution in [0.5, 0.6) is 0 Å². The maximum absolute atomic E-state index is 6.86. The van der Waals surface area contributed by atoms with Gasteiger partial charge >= 0.3 is 0 Å². The summed E-state index contributed by atoms with van der Waals surface area (Å²) in [4.78, 5) is 0. The van der Waals surface area contributed by atoms with Gasteiger partial charge in [-0.05, 0) is 15.9 Å². The highest BCUT2D eigenvalue weighted by Crippen LogP contribution is 2.13. The smallest absolute Gasteiger partial charge is 0.149 e. The van der Waals surface area contributed by atoms with Crippen LogP contribution in [0.2, 0.25) is 0 Å². The second kappa shape index (κ2) is 5.54. The number of halogens is 2. The summed E-state index contributed by atoms with van der Waals surface area (Å²) in [5, 5.41) is 2.29. The van der Waals surface area contributed by atoms with Gasteiger partial charge in [-0.1, -0.05) is 78.0 Å². The Labute approximate surface area is 112 Å². The summed E-state index contributed by atoms with van der Waals surface area (Å²) in [6.45, 7) is 0. The van der Waals surface area contributed by atoms with E-state index in [1.807, 2.05) is 42.1 Å². The lowest BCUT2D eigenvalue weighted by molar-refractivity contribution is 1.73. The average Bonchev–Trinajstić information content (AvgIpc) is 2.41. The molecule has 0 aliphatic heterocycles. The van der Waals surface area contributed by atoms with Gasteiger partial charge in [-0.3, -0.25) is 0 Å². The lowest BCUT2D eigenvalue weighted by Gasteiger charge is -2.21. The first-order valence-corrected chi connectivity index (χ1v) is 8.88. The first-order valence-electron chi connectivity index (χ1n) is 5.35. The molecule has 0 atom stereocenters. The Hall–Kier alpha value is -1.02. The summed E-state index contributed by atoms with van der Waals surface area (Å²) >= 11 is 12.6. The molecule has 0 aliphatic carbocycles. The minimum absolute atomic E-state index is 1.14. The molecule has 0 nitrogen and oxygen atoms in total. The van der Waals surface area contributed by atoms with E-state index in [4.69, 9.17) is 22.7 Å². The van der Waals surface area contributed by atoms with Gasteiger partial charge in [0.1, 0.15) is 0 Å². The monoisotopic (exact) mass is 278 g/mol. The Morgan fingerprint density at radius 1 is 0.765 bits per heavy atom. The molecule has 0 bridgehead atoms. The number of hydrogen-bond acceptors (Lipinski definition) is 0. The van der Waals surface area contributed by atoms with Crippen molar-refractivity contribution in [1.82, 2.24) is 0 Å². The quantitative estimate of drug-likeness (QED) is 0.597. The van der Waals surface area contributed by atoms with Gasteiger partial charge in [-0.2, -0.15) is 0 Å². The third kappa shape index (κ3) is 2.63. The average molecular weight is 279 g/mol. The molecule has 2 aromatic carbocycles. The van der Waals surface area contributed by atoms with Gasteiger partial charge in [0.2, 0.25) is 7.38 Å². The Balaban J connectivity index is 2.55. The molecule has 0 amide bonds. The van der Waals surface area contributed by atoms with E-state index in [9.17, 15) is 0 Å². The maximum atomic E-state index is 6.86. The molecular weight excluding hydrogens is 267 g/mol. The van der Waals surface area contributed by atoms with Crippen molar-refractivity contribution >= 4 is 40.4 Å². The summed E-state index contributed by atoms with van der Waals surface area (Å²) in [5.74, 6) is 0. The molecule has 17 heavy (non-hydrogen) atoms. The zero-order chi connectivity index (χ0) is 12.1. The van der Waals surface area contributed by atoms with E-state index in [2.05, 4.69) is 24.3 Å². The van der Waals surface area contributed by atoms with E-state index in [0.29, 0.717) is 0 Å². The summed E-state index contributed by atoms with van der Waals surface area (Å²) in [6, 6.07) is 20.2. The van der Waals surface area contributed by atoms with Crippen molar-refractivity contribution in [2.75, 3.05) is 0 Å². The Bertz CT molecular complexity index is 455. The van der Waals surface area contributed by atoms with Crippen LogP contribution in [0.3, 0.4) is 0 Å². The third-order valence-corrected chi connectivity index (χ3v) is 7.68. The van der Waals surface area contributed by atoms with Crippen molar-refractivity contribution in [3.05, 3.63) is 71.9 Å². The van der Waals surface area contributed by atoms with Crippen LogP contribution in [0.4, 0.5) is 0 Å². The topological polar surface area (TPSA) is 0 Å². The molecule has 0 unspecified atom stereocenters. The lowest BCUT2D eigenvalue weighted by Crippen LogP contribution is -2.52. The van der Waals surface area contributed by atoms with E-state index in [1.165, 1.54) is 5.54 Å². The maximum Gasteiger partial charge on any atom is 0.241 e. The molecule has 0 saturated heterocycles. The fourth-order valence-corrected chi connectivity index (χ4v) is 5.76. The molecule has 2 rings (SSSR count). The molecule has 0 aromatic heterocycles. The highest BCUT2D eigenvalue weighted by atomic mass is 35.6. The normalized spacial score (nSPS) is 11.9. The van der Waals surface area contributed by atoms with Gasteiger partial charge in [0.25, 0.3) is 0 Å². The van der Waals surface area contributed by atoms with Gasteiger partial charge in [-0.25, -0.2) is 0 Å². The van der Waals surface area contributed by atoms with Crippen LogP contribution in [0.15, 0.2) is 71.9 Å². The standard InChI is InChI=1S/C14H12Cl2Si/c15-11-12-17(16,13-7-3-1-4-8-13)14-9-5-2-6-10-14/h1-12H. The van der Waals surface area contributed by atoms with Crippen LogP contribution in [-0.2, 0) is 0 Å². The van der Waals surface area contributed by atoms with E-state index >= 15 is 0 Å². The first-order chi connectivity index (χ1) is 8.27. The van der Waals surface area contributed by atoms with Crippen molar-refractivity contribution in [2.45, 2.75) is 0 Å². The van der Waals surface area contributed by atoms with Crippen LogP contribution in [0.1, 0.15) is 0 Å². The molecule has 0 radical (unpaired) electrons. The van der Waals surface area contributed by atoms with Crippen LogP contribution >= 0.6 is 22.7 Å². The van der Waals surface area contributed by atoms with Gasteiger partial charge in [0, 0.05) is 0 Å². The second-order valence-corrected chi connectivity index (χ2v) is 8.69. The molecule has 0 saturated carbocycles. The summed E-state index contributed by atoms with van der Waals surface area (Å²) in [5.41, 5.74) is 3.46. The minimum Gasteiger partial charge on any atom is -0.149 e. The molecule has 86 valence electrons. The molecule has 3 heteroatoms. The zero-order valence-corrected chi connectivity index (χ0v) is 11.7. The van der Waals surface area contributed by atoms with Crippen LogP contribution in [0.25, 0.3) is 0 Å². The first kappa shape index (κ1) is 12.4. The van der Waals surface area contributed by atoms with E-state index < -0.39 is 7.38 Å². The Morgan fingerprint density at radius 3 is 1.53 bits per heavy atom. The van der Waals surface area contributed by atoms with Crippen molar-refractivity contribution in [2.24, 2.45) is 0 Å². The fourth-order valence-electron chi connectivity index (χ4n) is 1.81. The summed E-state index contributed by atoms with van der Waals surface area (Å²) < 4.78 is 0. The second-order valence-electron chi connectivity index (χ2n) is 3.74. The van der Waals surface area contributed by atoms with Crippen molar-refractivity contribution in [1.29, 1.82) is 0 Å². The molecule has 0 spiro atoms. The van der Waals surface area contributed by atoms with Gasteiger partial charge in [0.15, 0.2) is 0 Å². The van der Waals surface area contributed by atoms with Crippen molar-refractivity contribution in [3.8, 4) is 0 Å². The number of hydrogen-bond donors (Lipinski definition) is 0. The van der Waals surface area contributed by atoms with Gasteiger partial charge in [0.05, 0.1) is 0 Å². The van der Waals surface area contributed by atoms with E-state index in [-0.39, 0.29) is 0 Å². The summed E-state index contributed by atoms with van der Waals surface area (Å²) in [7, 11) is -2.34. The molecule has 2 aromatic rings. The van der Waals surface area contributed by atoms with Crippen LogP contribution in [0, 0.1) is 0 Å². The number of rotatable bonds is 3. The van der Waals surface area contributed by atoms with E-state index in [0.717, 1.165) is 10.4 Å². The predicted molar refractivity (Wildman–Crippen MR) is 78.8 cm³/mol. The molecule has 0 heterocycles. The highest BCUT2D eigenvalue weighted by Gasteiger charge is 2.32. The third-order valence-electron chi connectivity index (χ3n) is 2.68. The lowest BCUT2D eigenvalue weighted by atomic mass is 10.4. The van der Waals surface area contributed by atoms with Crippen LogP contribution < -0.4 is 10.4 Å². The SMILES string of the molecule is ClC=C[Si](Cl)(c1ccccc1)c1ccccc1. The van der Waals surface area contributed by atoms with Crippen molar-refractivity contribution in [3.63, 3.8) is 0 Å². The zero-order valence-electron chi connectivity index (χ0n) is 9.18. The molecule has 0 fully saturated rings. The predicted octanol–water partition coefficient (Wildman–Crippen LogP) is 3.28. The van der Waals surface area contributed by atoms with Gasteiger partial charge in [-0.15, -0.1) is 11.1 Å². The number of benzene rings is 2. The molecular formula is C14H12Cl2Si. The molecule has 0 N–H and O–H groups in total. The van der Waals surface area contributed by atoms with Gasteiger partial charge < -0.3 is 0 Å². The Kier molecular flexibility index (Phi) is 4.05. The highest BCUT2D eigenvalue weighted by molar-refractivity contribution is 7.36. The fraction of sp³-hybridized carbons (Fsp3) is 0. The van der Waals surface area contributed by atoms with E-state index in [1.54, 1.807) is 0 Å². The minimum atomic E-state index is -2.34.